The van der Waals surface area contributed by atoms with Crippen molar-refractivity contribution in [1.29, 1.82) is 0 Å². The van der Waals surface area contributed by atoms with Gasteiger partial charge in [0.15, 0.2) is 11.5 Å². The first kappa shape index (κ1) is 26.6. The third-order valence-corrected chi connectivity index (χ3v) is 6.94. The fraction of sp³-hybridized carbons (Fsp3) is 0.357. The minimum atomic E-state index is -0.324. The van der Waals surface area contributed by atoms with Gasteiger partial charge in [0.05, 0.1) is 0 Å². The van der Waals surface area contributed by atoms with Crippen molar-refractivity contribution in [3.05, 3.63) is 89.1 Å². The molecule has 1 saturated heterocycles. The molecule has 1 atom stereocenters. The van der Waals surface area contributed by atoms with Crippen LogP contribution in [0, 0.1) is 0 Å². The van der Waals surface area contributed by atoms with Crippen LogP contribution in [0.2, 0.25) is 0 Å². The van der Waals surface area contributed by atoms with Crippen molar-refractivity contribution in [2.24, 2.45) is 0 Å². The second kappa shape index (κ2) is 13.8. The number of thioether (sulfide) groups is 1. The summed E-state index contributed by atoms with van der Waals surface area (Å²) in [6.07, 6.45) is 4.31. The fourth-order valence-electron chi connectivity index (χ4n) is 4.37. The highest BCUT2D eigenvalue weighted by molar-refractivity contribution is 7.98. The van der Waals surface area contributed by atoms with Crippen LogP contribution >= 0.6 is 11.8 Å². The Morgan fingerprint density at radius 3 is 2.51 bits per heavy atom. The molecule has 1 aliphatic rings. The Morgan fingerprint density at radius 1 is 1.05 bits per heavy atom. The molecule has 8 nitrogen and oxygen atoms in total. The van der Waals surface area contributed by atoms with E-state index in [4.69, 9.17) is 0 Å². The number of carbonyl (C=O) groups is 2. The summed E-state index contributed by atoms with van der Waals surface area (Å²) in [5, 5.41) is 17.7. The normalized spacial score (nSPS) is 15.3. The molecule has 1 fully saturated rings. The molecule has 0 radical (unpaired) electrons. The summed E-state index contributed by atoms with van der Waals surface area (Å²) in [4.78, 5) is 27.7. The van der Waals surface area contributed by atoms with Gasteiger partial charge in [0.2, 0.25) is 0 Å². The van der Waals surface area contributed by atoms with E-state index in [2.05, 4.69) is 38.3 Å². The Balaban J connectivity index is 1.47. The van der Waals surface area contributed by atoms with Crippen molar-refractivity contribution in [3.8, 4) is 0 Å². The van der Waals surface area contributed by atoms with Crippen LogP contribution in [-0.2, 0) is 12.8 Å². The van der Waals surface area contributed by atoms with Crippen molar-refractivity contribution >= 4 is 29.5 Å². The van der Waals surface area contributed by atoms with E-state index in [-0.39, 0.29) is 23.7 Å². The van der Waals surface area contributed by atoms with Crippen LogP contribution in [0.1, 0.15) is 33.6 Å². The molecule has 2 aromatic carbocycles. The molecular formula is C28H34N6O2S. The number of piperazine rings is 1. The topological polar surface area (TPSA) is 99.2 Å². The maximum Gasteiger partial charge on any atom is 0.320 e. The fourth-order valence-corrected chi connectivity index (χ4v) is 4.80. The van der Waals surface area contributed by atoms with Crippen LogP contribution in [0.25, 0.3) is 0 Å². The zero-order valence-electron chi connectivity index (χ0n) is 21.2. The van der Waals surface area contributed by atoms with Gasteiger partial charge < -0.3 is 15.5 Å². The molecule has 3 N–H and O–H groups in total. The van der Waals surface area contributed by atoms with E-state index < -0.39 is 0 Å². The average Bonchev–Trinajstić information content (AvgIpc) is 2.93. The van der Waals surface area contributed by atoms with Gasteiger partial charge in [0, 0.05) is 44.2 Å². The van der Waals surface area contributed by atoms with Gasteiger partial charge in [-0.25, -0.2) is 4.79 Å². The highest BCUT2D eigenvalue weighted by Crippen LogP contribution is 2.19. The second-order valence-corrected chi connectivity index (χ2v) is 10.1. The van der Waals surface area contributed by atoms with Crippen molar-refractivity contribution in [3.63, 3.8) is 0 Å². The number of rotatable bonds is 10. The lowest BCUT2D eigenvalue weighted by molar-refractivity contribution is 0.0695. The van der Waals surface area contributed by atoms with Crippen molar-refractivity contribution < 1.29 is 9.59 Å². The molecule has 0 saturated carbocycles. The Hall–Kier alpha value is -3.43. The summed E-state index contributed by atoms with van der Waals surface area (Å²) in [7, 11) is 0. The summed E-state index contributed by atoms with van der Waals surface area (Å²) >= 11 is 1.74. The molecule has 3 aromatic rings. The zero-order valence-corrected chi connectivity index (χ0v) is 22.0. The molecule has 4 rings (SSSR count). The molecule has 1 aliphatic heterocycles. The van der Waals surface area contributed by atoms with E-state index in [0.717, 1.165) is 36.3 Å². The minimum absolute atomic E-state index is 0.144. The number of carbonyl (C=O) groups excluding carboxylic acids is 2. The first-order valence-electron chi connectivity index (χ1n) is 12.6. The third-order valence-electron chi connectivity index (χ3n) is 6.24. The predicted molar refractivity (Wildman–Crippen MR) is 149 cm³/mol. The van der Waals surface area contributed by atoms with Gasteiger partial charge in [0.1, 0.15) is 0 Å². The molecule has 0 bridgehead atoms. The summed E-state index contributed by atoms with van der Waals surface area (Å²) in [5.41, 5.74) is 3.33. The van der Waals surface area contributed by atoms with Gasteiger partial charge in [-0.15, -0.1) is 10.2 Å². The van der Waals surface area contributed by atoms with Gasteiger partial charge in [-0.1, -0.05) is 60.7 Å². The lowest BCUT2D eigenvalue weighted by atomic mass is 10.0. The van der Waals surface area contributed by atoms with Crippen molar-refractivity contribution in [2.45, 2.75) is 25.3 Å². The van der Waals surface area contributed by atoms with Gasteiger partial charge in [-0.3, -0.25) is 10.1 Å². The van der Waals surface area contributed by atoms with E-state index in [1.54, 1.807) is 17.8 Å². The third kappa shape index (κ3) is 8.03. The lowest BCUT2D eigenvalue weighted by Crippen LogP contribution is -2.53. The number of benzene rings is 2. The van der Waals surface area contributed by atoms with E-state index in [0.29, 0.717) is 31.9 Å². The number of anilines is 1. The number of nitrogens with one attached hydrogen (secondary N) is 3. The number of aromatic nitrogens is 2. The highest BCUT2D eigenvalue weighted by atomic mass is 32.2. The summed E-state index contributed by atoms with van der Waals surface area (Å²) in [6.45, 7) is 2.52. The van der Waals surface area contributed by atoms with Gasteiger partial charge in [-0.2, -0.15) is 11.8 Å². The van der Waals surface area contributed by atoms with Gasteiger partial charge >= 0.3 is 6.03 Å². The zero-order chi connectivity index (χ0) is 25.9. The van der Waals surface area contributed by atoms with E-state index >= 15 is 0 Å². The SMILES string of the molecule is CSCCCNC(=O)Nc1nnc(C(=O)N2CCN[C@@H](Cc3ccccc3)C2)cc1Cc1ccccc1. The molecule has 3 amide bonds. The molecular weight excluding hydrogens is 484 g/mol. The summed E-state index contributed by atoms with van der Waals surface area (Å²) in [5.74, 6) is 1.20. The van der Waals surface area contributed by atoms with Crippen LogP contribution in [0.4, 0.5) is 10.6 Å². The number of nitrogens with zero attached hydrogens (tertiary/aromatic N) is 3. The molecule has 37 heavy (non-hydrogen) atoms. The maximum absolute atomic E-state index is 13.4. The number of hydrogen-bond acceptors (Lipinski definition) is 6. The predicted octanol–water partition coefficient (Wildman–Crippen LogP) is 3.60. The molecule has 9 heteroatoms. The Labute approximate surface area is 222 Å². The maximum atomic E-state index is 13.4. The standard InChI is InChI=1S/C28H34N6O2S/c1-37-16-8-13-30-28(36)31-26-23(17-21-9-4-2-5-10-21)19-25(32-33-26)27(35)34-15-14-29-24(20-34)18-22-11-6-3-7-12-22/h2-7,9-12,19,24,29H,8,13-18,20H2,1H3,(H2,30,31,33,36)/t24-/m0/s1. The van der Waals surface area contributed by atoms with E-state index in [9.17, 15) is 9.59 Å². The van der Waals surface area contributed by atoms with Crippen LogP contribution in [0.3, 0.4) is 0 Å². The number of amides is 3. The Morgan fingerprint density at radius 2 is 1.78 bits per heavy atom. The van der Waals surface area contributed by atoms with E-state index in [1.807, 2.05) is 59.7 Å². The van der Waals surface area contributed by atoms with Crippen LogP contribution < -0.4 is 16.0 Å². The summed E-state index contributed by atoms with van der Waals surface area (Å²) < 4.78 is 0. The molecule has 0 spiro atoms. The van der Waals surface area contributed by atoms with Crippen LogP contribution in [0.15, 0.2) is 66.7 Å². The smallest absolute Gasteiger partial charge is 0.320 e. The monoisotopic (exact) mass is 518 g/mol. The van der Waals surface area contributed by atoms with Gasteiger partial charge in [0.25, 0.3) is 5.91 Å². The largest absolute Gasteiger partial charge is 0.338 e. The molecule has 0 aliphatic carbocycles. The highest BCUT2D eigenvalue weighted by Gasteiger charge is 2.26. The number of urea groups is 1. The first-order valence-corrected chi connectivity index (χ1v) is 14.0. The molecule has 2 heterocycles. The quantitative estimate of drug-likeness (QED) is 0.355. The minimum Gasteiger partial charge on any atom is -0.338 e. The second-order valence-electron chi connectivity index (χ2n) is 9.08. The van der Waals surface area contributed by atoms with Crippen LogP contribution in [-0.4, -0.2) is 71.3 Å². The summed E-state index contributed by atoms with van der Waals surface area (Å²) in [6, 6.07) is 21.8. The average molecular weight is 519 g/mol. The Bertz CT molecular complexity index is 1160. The molecule has 0 unspecified atom stereocenters. The lowest BCUT2D eigenvalue weighted by Gasteiger charge is -2.33. The van der Waals surface area contributed by atoms with Crippen molar-refractivity contribution in [1.82, 2.24) is 25.7 Å². The molecule has 194 valence electrons. The first-order chi connectivity index (χ1) is 18.1. The Kier molecular flexibility index (Phi) is 9.90. The molecule has 1 aromatic heterocycles. The number of hydrogen-bond donors (Lipinski definition) is 3. The van der Waals surface area contributed by atoms with Crippen molar-refractivity contribution in [2.75, 3.05) is 43.5 Å². The van der Waals surface area contributed by atoms with E-state index in [1.165, 1.54) is 5.56 Å². The van der Waals surface area contributed by atoms with Crippen LogP contribution in [0.5, 0.6) is 0 Å². The van der Waals surface area contributed by atoms with Gasteiger partial charge in [-0.05, 0) is 42.0 Å².